The number of benzene rings is 1. The van der Waals surface area contributed by atoms with E-state index >= 15 is 0 Å². The number of hydrogen-bond donors (Lipinski definition) is 0. The van der Waals surface area contributed by atoms with Gasteiger partial charge in [0.05, 0.1) is 19.4 Å². The van der Waals surface area contributed by atoms with Crippen molar-refractivity contribution >= 4 is 5.91 Å². The topological polar surface area (TPSA) is 38.4 Å². The van der Waals surface area contributed by atoms with E-state index in [4.69, 9.17) is 4.42 Å². The summed E-state index contributed by atoms with van der Waals surface area (Å²) in [7, 11) is 0. The first-order valence-corrected chi connectivity index (χ1v) is 9.29. The van der Waals surface area contributed by atoms with Crippen molar-refractivity contribution in [2.45, 2.75) is 38.9 Å². The normalized spacial score (nSPS) is 14.2. The van der Waals surface area contributed by atoms with Crippen LogP contribution >= 0.6 is 0 Å². The summed E-state index contributed by atoms with van der Waals surface area (Å²) in [6, 6.07) is 18.4. The molecule has 4 rings (SSSR count). The smallest absolute Gasteiger partial charge is 0.226 e. The van der Waals surface area contributed by atoms with E-state index in [0.717, 1.165) is 37.3 Å². The molecule has 26 heavy (non-hydrogen) atoms. The second kappa shape index (κ2) is 7.65. The van der Waals surface area contributed by atoms with Gasteiger partial charge in [-0.3, -0.25) is 4.79 Å². The Bertz CT molecular complexity index is 832. The van der Waals surface area contributed by atoms with E-state index < -0.39 is 0 Å². The molecular weight excluding hydrogens is 324 g/mol. The van der Waals surface area contributed by atoms with Crippen LogP contribution < -0.4 is 0 Å². The fourth-order valence-electron chi connectivity index (χ4n) is 3.44. The van der Waals surface area contributed by atoms with Crippen LogP contribution in [0.25, 0.3) is 0 Å². The monoisotopic (exact) mass is 348 g/mol. The first-order valence-electron chi connectivity index (χ1n) is 9.29. The molecule has 0 radical (unpaired) electrons. The number of furan rings is 1. The van der Waals surface area contributed by atoms with E-state index in [2.05, 4.69) is 47.2 Å². The lowest BCUT2D eigenvalue weighted by Gasteiger charge is -2.31. The molecule has 1 amide bonds. The SMILES string of the molecule is O=C(C1CCC1)N(Cc1ccco1)Cc1cccn1Cc1ccccc1. The number of aromatic nitrogens is 1. The van der Waals surface area contributed by atoms with Crippen molar-refractivity contribution < 1.29 is 9.21 Å². The average Bonchev–Trinajstić information content (AvgIpc) is 3.26. The summed E-state index contributed by atoms with van der Waals surface area (Å²) in [5, 5.41) is 0. The lowest BCUT2D eigenvalue weighted by atomic mass is 9.84. The molecule has 0 saturated heterocycles. The Balaban J connectivity index is 1.52. The maximum absolute atomic E-state index is 12.9. The Hall–Kier alpha value is -2.75. The van der Waals surface area contributed by atoms with Crippen molar-refractivity contribution in [3.8, 4) is 0 Å². The molecule has 3 aromatic rings. The van der Waals surface area contributed by atoms with E-state index in [0.29, 0.717) is 13.1 Å². The number of carbonyl (C=O) groups excluding carboxylic acids is 1. The van der Waals surface area contributed by atoms with Crippen LogP contribution in [0.4, 0.5) is 0 Å². The highest BCUT2D eigenvalue weighted by Gasteiger charge is 2.30. The number of nitrogens with zero attached hydrogens (tertiary/aromatic N) is 2. The summed E-state index contributed by atoms with van der Waals surface area (Å²) < 4.78 is 7.71. The molecule has 134 valence electrons. The fraction of sp³-hybridized carbons (Fsp3) is 0.318. The minimum atomic E-state index is 0.183. The predicted octanol–water partition coefficient (Wildman–Crippen LogP) is 4.46. The quantitative estimate of drug-likeness (QED) is 0.632. The van der Waals surface area contributed by atoms with Crippen LogP contribution in [0.2, 0.25) is 0 Å². The molecule has 2 aromatic heterocycles. The van der Waals surface area contributed by atoms with Gasteiger partial charge < -0.3 is 13.9 Å². The fourth-order valence-corrected chi connectivity index (χ4v) is 3.44. The lowest BCUT2D eigenvalue weighted by molar-refractivity contribution is -0.139. The zero-order valence-electron chi connectivity index (χ0n) is 14.9. The van der Waals surface area contributed by atoms with E-state index in [1.54, 1.807) is 6.26 Å². The molecule has 1 aromatic carbocycles. The maximum Gasteiger partial charge on any atom is 0.226 e. The summed E-state index contributed by atoms with van der Waals surface area (Å²) in [5.74, 6) is 1.27. The second-order valence-corrected chi connectivity index (χ2v) is 7.01. The van der Waals surface area contributed by atoms with Crippen molar-refractivity contribution in [2.75, 3.05) is 0 Å². The summed E-state index contributed by atoms with van der Waals surface area (Å²) in [6.45, 7) is 1.95. The minimum Gasteiger partial charge on any atom is -0.467 e. The van der Waals surface area contributed by atoms with Crippen molar-refractivity contribution in [3.05, 3.63) is 84.1 Å². The van der Waals surface area contributed by atoms with Crippen LogP contribution in [-0.4, -0.2) is 15.4 Å². The van der Waals surface area contributed by atoms with E-state index in [9.17, 15) is 4.79 Å². The Morgan fingerprint density at radius 3 is 2.58 bits per heavy atom. The van der Waals surface area contributed by atoms with Crippen molar-refractivity contribution in [3.63, 3.8) is 0 Å². The highest BCUT2D eigenvalue weighted by atomic mass is 16.3. The minimum absolute atomic E-state index is 0.183. The molecule has 4 heteroatoms. The molecule has 0 aliphatic heterocycles. The molecule has 0 atom stereocenters. The van der Waals surface area contributed by atoms with Gasteiger partial charge in [-0.15, -0.1) is 0 Å². The highest BCUT2D eigenvalue weighted by molar-refractivity contribution is 5.79. The average molecular weight is 348 g/mol. The van der Waals surface area contributed by atoms with Crippen molar-refractivity contribution in [1.29, 1.82) is 0 Å². The number of hydrogen-bond acceptors (Lipinski definition) is 2. The zero-order valence-corrected chi connectivity index (χ0v) is 14.9. The van der Waals surface area contributed by atoms with Crippen LogP contribution in [0.15, 0.2) is 71.5 Å². The molecule has 2 heterocycles. The van der Waals surface area contributed by atoms with E-state index in [1.165, 1.54) is 5.56 Å². The Kier molecular flexibility index (Phi) is 4.91. The zero-order chi connectivity index (χ0) is 17.8. The Morgan fingerprint density at radius 1 is 1.04 bits per heavy atom. The standard InChI is InChI=1S/C22H24N2O2/c25-22(19-9-4-10-19)24(17-21-12-6-14-26-21)16-20-11-5-13-23(20)15-18-7-2-1-3-8-18/h1-3,5-8,11-14,19H,4,9-10,15-17H2. The Morgan fingerprint density at radius 2 is 1.88 bits per heavy atom. The van der Waals surface area contributed by atoms with E-state index in [1.807, 2.05) is 23.1 Å². The number of carbonyl (C=O) groups is 1. The third-order valence-corrected chi connectivity index (χ3v) is 5.17. The molecule has 1 aliphatic rings. The van der Waals surface area contributed by atoms with Gasteiger partial charge in [-0.25, -0.2) is 0 Å². The molecule has 0 spiro atoms. The maximum atomic E-state index is 12.9. The van der Waals surface area contributed by atoms with Crippen molar-refractivity contribution in [2.24, 2.45) is 5.92 Å². The van der Waals surface area contributed by atoms with Crippen LogP contribution in [0.5, 0.6) is 0 Å². The first kappa shape index (κ1) is 16.7. The van der Waals surface area contributed by atoms with Gasteiger partial charge in [-0.1, -0.05) is 36.8 Å². The van der Waals surface area contributed by atoms with Gasteiger partial charge in [-0.2, -0.15) is 0 Å². The molecule has 0 unspecified atom stereocenters. The van der Waals surface area contributed by atoms with Gasteiger partial charge in [0.2, 0.25) is 5.91 Å². The third-order valence-electron chi connectivity index (χ3n) is 5.17. The lowest BCUT2D eigenvalue weighted by Crippen LogP contribution is -2.38. The largest absolute Gasteiger partial charge is 0.467 e. The summed E-state index contributed by atoms with van der Waals surface area (Å²) in [6.07, 6.45) is 6.94. The molecular formula is C22H24N2O2. The predicted molar refractivity (Wildman–Crippen MR) is 100 cm³/mol. The van der Waals surface area contributed by atoms with Crippen LogP contribution in [0.3, 0.4) is 0 Å². The van der Waals surface area contributed by atoms with E-state index in [-0.39, 0.29) is 11.8 Å². The van der Waals surface area contributed by atoms with Crippen LogP contribution in [0.1, 0.15) is 36.3 Å². The number of amides is 1. The first-order chi connectivity index (χ1) is 12.8. The molecule has 1 fully saturated rings. The van der Waals surface area contributed by atoms with Gasteiger partial charge >= 0.3 is 0 Å². The highest BCUT2D eigenvalue weighted by Crippen LogP contribution is 2.29. The summed E-state index contributed by atoms with van der Waals surface area (Å²) in [5.41, 5.74) is 2.40. The molecule has 0 N–H and O–H groups in total. The molecule has 1 saturated carbocycles. The van der Waals surface area contributed by atoms with Gasteiger partial charge in [0.25, 0.3) is 0 Å². The molecule has 4 nitrogen and oxygen atoms in total. The van der Waals surface area contributed by atoms with Crippen molar-refractivity contribution in [1.82, 2.24) is 9.47 Å². The van der Waals surface area contributed by atoms with Gasteiger partial charge in [0.15, 0.2) is 0 Å². The second-order valence-electron chi connectivity index (χ2n) is 7.01. The molecule has 1 aliphatic carbocycles. The van der Waals surface area contributed by atoms with Crippen LogP contribution in [0, 0.1) is 5.92 Å². The Labute approximate surface area is 154 Å². The summed E-state index contributed by atoms with van der Waals surface area (Å²) in [4.78, 5) is 14.9. The third kappa shape index (κ3) is 3.74. The summed E-state index contributed by atoms with van der Waals surface area (Å²) >= 11 is 0. The number of rotatable bonds is 7. The van der Waals surface area contributed by atoms with Gasteiger partial charge in [0.1, 0.15) is 5.76 Å². The molecule has 0 bridgehead atoms. The van der Waals surface area contributed by atoms with Crippen LogP contribution in [-0.2, 0) is 24.4 Å². The van der Waals surface area contributed by atoms with Gasteiger partial charge in [0, 0.05) is 24.4 Å². The van der Waals surface area contributed by atoms with Gasteiger partial charge in [-0.05, 0) is 42.7 Å².